The molecule has 0 radical (unpaired) electrons. The fourth-order valence-corrected chi connectivity index (χ4v) is 2.30. The van der Waals surface area contributed by atoms with E-state index in [0.717, 1.165) is 12.0 Å². The van der Waals surface area contributed by atoms with Crippen molar-refractivity contribution in [2.75, 3.05) is 0 Å². The highest BCUT2D eigenvalue weighted by molar-refractivity contribution is 5.77. The highest BCUT2D eigenvalue weighted by Gasteiger charge is 2.39. The number of carbonyl (C=O) groups excluding carboxylic acids is 1. The molecule has 0 bridgehead atoms. The normalized spacial score (nSPS) is 20.4. The Morgan fingerprint density at radius 3 is 2.75 bits per heavy atom. The number of nitrogens with one attached hydrogen (secondary N) is 1. The van der Waals surface area contributed by atoms with Crippen LogP contribution in [0.25, 0.3) is 0 Å². The lowest BCUT2D eigenvalue weighted by atomic mass is 10.1. The molecule has 2 rings (SSSR count). The van der Waals surface area contributed by atoms with E-state index in [-0.39, 0.29) is 30.1 Å². The summed E-state index contributed by atoms with van der Waals surface area (Å²) in [7, 11) is 0. The highest BCUT2D eigenvalue weighted by Crippen LogP contribution is 2.40. The minimum Gasteiger partial charge on any atom is -0.481 e. The number of hydrogen-bond donors (Lipinski definition) is 2. The summed E-state index contributed by atoms with van der Waals surface area (Å²) >= 11 is 0. The number of unbranched alkanes of at least 4 members (excludes halogenated alkanes) is 1. The van der Waals surface area contributed by atoms with Crippen LogP contribution in [0.2, 0.25) is 0 Å². The van der Waals surface area contributed by atoms with Crippen LogP contribution < -0.4 is 5.32 Å². The molecule has 20 heavy (non-hydrogen) atoms. The standard InChI is InChI=1S/C15H18FNO3/c16-11-5-3-4-10(8-11)12-9-13(12)17-14(18)6-1-2-7-15(19)20/h3-5,8,12-13H,1-2,6-7,9H2,(H,17,18)(H,19,20)/t12-,13+/m0/s1. The first-order chi connectivity index (χ1) is 9.56. The third kappa shape index (κ3) is 4.33. The lowest BCUT2D eigenvalue weighted by Gasteiger charge is -2.05. The number of carboxylic acids is 1. The molecular formula is C15H18FNO3. The van der Waals surface area contributed by atoms with Crippen LogP contribution in [0.4, 0.5) is 4.39 Å². The van der Waals surface area contributed by atoms with Crippen LogP contribution in [0, 0.1) is 5.82 Å². The minimum absolute atomic E-state index is 0.0562. The molecule has 0 heterocycles. The maximum Gasteiger partial charge on any atom is 0.303 e. The zero-order valence-corrected chi connectivity index (χ0v) is 11.1. The van der Waals surface area contributed by atoms with Crippen molar-refractivity contribution in [3.63, 3.8) is 0 Å². The number of carboxylic acid groups (broad SMARTS) is 1. The predicted molar refractivity (Wildman–Crippen MR) is 71.8 cm³/mol. The van der Waals surface area contributed by atoms with E-state index in [1.54, 1.807) is 6.07 Å². The Balaban J connectivity index is 1.68. The van der Waals surface area contributed by atoms with Crippen LogP contribution in [-0.2, 0) is 9.59 Å². The second kappa shape index (κ2) is 6.50. The topological polar surface area (TPSA) is 66.4 Å². The summed E-state index contributed by atoms with van der Waals surface area (Å²) in [5, 5.41) is 11.4. The maximum atomic E-state index is 13.1. The SMILES string of the molecule is O=C(O)CCCCC(=O)N[C@@H]1C[C@H]1c1cccc(F)c1. The first kappa shape index (κ1) is 14.5. The van der Waals surface area contributed by atoms with Gasteiger partial charge in [0.05, 0.1) is 0 Å². The lowest BCUT2D eigenvalue weighted by Crippen LogP contribution is -2.26. The van der Waals surface area contributed by atoms with E-state index < -0.39 is 5.97 Å². The molecule has 2 atom stereocenters. The number of rotatable bonds is 7. The molecule has 1 aliphatic carbocycles. The van der Waals surface area contributed by atoms with Crippen molar-refractivity contribution in [3.05, 3.63) is 35.6 Å². The van der Waals surface area contributed by atoms with E-state index in [2.05, 4.69) is 5.32 Å². The maximum absolute atomic E-state index is 13.1. The first-order valence-corrected chi connectivity index (χ1v) is 6.83. The third-order valence-corrected chi connectivity index (χ3v) is 3.46. The molecule has 0 aliphatic heterocycles. The highest BCUT2D eigenvalue weighted by atomic mass is 19.1. The molecule has 0 unspecified atom stereocenters. The van der Waals surface area contributed by atoms with Gasteiger partial charge in [0.2, 0.25) is 5.91 Å². The van der Waals surface area contributed by atoms with Crippen molar-refractivity contribution >= 4 is 11.9 Å². The summed E-state index contributed by atoms with van der Waals surface area (Å²) in [6, 6.07) is 6.54. The van der Waals surface area contributed by atoms with Crippen LogP contribution in [0.3, 0.4) is 0 Å². The number of hydrogen-bond acceptors (Lipinski definition) is 2. The summed E-state index contributed by atoms with van der Waals surface area (Å²) in [4.78, 5) is 22.0. The van der Waals surface area contributed by atoms with E-state index >= 15 is 0 Å². The van der Waals surface area contributed by atoms with Gasteiger partial charge in [0.25, 0.3) is 0 Å². The van der Waals surface area contributed by atoms with Gasteiger partial charge >= 0.3 is 5.97 Å². The van der Waals surface area contributed by atoms with Crippen LogP contribution in [-0.4, -0.2) is 23.0 Å². The first-order valence-electron chi connectivity index (χ1n) is 6.83. The molecule has 108 valence electrons. The van der Waals surface area contributed by atoms with Gasteiger partial charge in [0.1, 0.15) is 5.82 Å². The second-order valence-corrected chi connectivity index (χ2v) is 5.17. The van der Waals surface area contributed by atoms with Gasteiger partial charge in [0.15, 0.2) is 0 Å². The fourth-order valence-electron chi connectivity index (χ4n) is 2.30. The Kier molecular flexibility index (Phi) is 4.71. The van der Waals surface area contributed by atoms with Crippen molar-refractivity contribution in [1.82, 2.24) is 5.32 Å². The molecule has 4 nitrogen and oxygen atoms in total. The Labute approximate surface area is 117 Å². The van der Waals surface area contributed by atoms with Gasteiger partial charge in [-0.15, -0.1) is 0 Å². The molecule has 1 aromatic carbocycles. The third-order valence-electron chi connectivity index (χ3n) is 3.46. The van der Waals surface area contributed by atoms with Crippen molar-refractivity contribution in [1.29, 1.82) is 0 Å². The summed E-state index contributed by atoms with van der Waals surface area (Å²) in [6.07, 6.45) is 2.38. The summed E-state index contributed by atoms with van der Waals surface area (Å²) < 4.78 is 13.1. The van der Waals surface area contributed by atoms with E-state index in [9.17, 15) is 14.0 Å². The zero-order valence-electron chi connectivity index (χ0n) is 11.1. The Morgan fingerprint density at radius 1 is 1.30 bits per heavy atom. The van der Waals surface area contributed by atoms with Crippen LogP contribution >= 0.6 is 0 Å². The van der Waals surface area contributed by atoms with E-state index in [4.69, 9.17) is 5.11 Å². The Morgan fingerprint density at radius 2 is 2.05 bits per heavy atom. The van der Waals surface area contributed by atoms with Gasteiger partial charge in [-0.1, -0.05) is 12.1 Å². The number of amides is 1. The van der Waals surface area contributed by atoms with Crippen molar-refractivity contribution < 1.29 is 19.1 Å². The minimum atomic E-state index is -0.834. The number of halogens is 1. The average molecular weight is 279 g/mol. The summed E-state index contributed by atoms with van der Waals surface area (Å²) in [5.74, 6) is -0.945. The molecule has 0 spiro atoms. The van der Waals surface area contributed by atoms with Crippen molar-refractivity contribution in [2.24, 2.45) is 0 Å². The van der Waals surface area contributed by atoms with Gasteiger partial charge in [-0.05, 0) is 37.0 Å². The van der Waals surface area contributed by atoms with Crippen LogP contribution in [0.5, 0.6) is 0 Å². The van der Waals surface area contributed by atoms with Gasteiger partial charge in [0, 0.05) is 24.8 Å². The lowest BCUT2D eigenvalue weighted by molar-refractivity contribution is -0.137. The largest absolute Gasteiger partial charge is 0.481 e. The molecular weight excluding hydrogens is 261 g/mol. The molecule has 1 aromatic rings. The molecule has 0 aromatic heterocycles. The van der Waals surface area contributed by atoms with Crippen molar-refractivity contribution in [2.45, 2.75) is 44.1 Å². The molecule has 2 N–H and O–H groups in total. The molecule has 5 heteroatoms. The predicted octanol–water partition coefficient (Wildman–Crippen LogP) is 2.44. The second-order valence-electron chi connectivity index (χ2n) is 5.17. The molecule has 0 saturated heterocycles. The molecule has 1 fully saturated rings. The molecule has 1 amide bonds. The van der Waals surface area contributed by atoms with Crippen molar-refractivity contribution in [3.8, 4) is 0 Å². The van der Waals surface area contributed by atoms with Crippen LogP contribution in [0.1, 0.15) is 43.6 Å². The monoisotopic (exact) mass is 279 g/mol. The summed E-state index contributed by atoms with van der Waals surface area (Å²) in [5.41, 5.74) is 0.918. The van der Waals surface area contributed by atoms with Gasteiger partial charge in [-0.25, -0.2) is 4.39 Å². The fraction of sp³-hybridized carbons (Fsp3) is 0.467. The van der Waals surface area contributed by atoms with Crippen LogP contribution in [0.15, 0.2) is 24.3 Å². The zero-order chi connectivity index (χ0) is 14.5. The smallest absolute Gasteiger partial charge is 0.303 e. The van der Waals surface area contributed by atoms with E-state index in [1.165, 1.54) is 12.1 Å². The number of benzene rings is 1. The Hall–Kier alpha value is -1.91. The van der Waals surface area contributed by atoms with Gasteiger partial charge in [-0.2, -0.15) is 0 Å². The quantitative estimate of drug-likeness (QED) is 0.753. The Bertz CT molecular complexity index is 504. The summed E-state index contributed by atoms with van der Waals surface area (Å²) in [6.45, 7) is 0. The van der Waals surface area contributed by atoms with E-state index in [1.807, 2.05) is 6.07 Å². The number of aliphatic carboxylic acids is 1. The average Bonchev–Trinajstić information content (AvgIpc) is 3.14. The van der Waals surface area contributed by atoms with Gasteiger partial charge in [-0.3, -0.25) is 9.59 Å². The number of carbonyl (C=O) groups is 2. The van der Waals surface area contributed by atoms with E-state index in [0.29, 0.717) is 19.3 Å². The molecule has 1 aliphatic rings. The van der Waals surface area contributed by atoms with Gasteiger partial charge < -0.3 is 10.4 Å². The molecule has 1 saturated carbocycles.